The van der Waals surface area contributed by atoms with Crippen molar-refractivity contribution in [2.75, 3.05) is 14.1 Å². The van der Waals surface area contributed by atoms with Crippen LogP contribution in [0, 0.1) is 0 Å². The van der Waals surface area contributed by atoms with E-state index in [0.717, 1.165) is 0 Å². The molecule has 1 aliphatic heterocycles. The third kappa shape index (κ3) is 2.03. The molecule has 0 aromatic rings. The van der Waals surface area contributed by atoms with Crippen LogP contribution in [0.5, 0.6) is 0 Å². The largest absolute Gasteiger partial charge is 0.340 e. The molecule has 1 aliphatic rings. The molecule has 0 aromatic heterocycles. The highest BCUT2D eigenvalue weighted by Gasteiger charge is 2.27. The first-order valence-corrected chi connectivity index (χ1v) is 5.98. The molecule has 0 saturated carbocycles. The molecule has 0 unspecified atom stereocenters. The van der Waals surface area contributed by atoms with Crippen LogP contribution < -0.4 is 0 Å². The number of rotatable bonds is 1. The van der Waals surface area contributed by atoms with Crippen LogP contribution in [-0.2, 0) is 0 Å². The lowest BCUT2D eigenvalue weighted by molar-refractivity contribution is 0.648. The lowest BCUT2D eigenvalue weighted by atomic mass is 9.47. The summed E-state index contributed by atoms with van der Waals surface area (Å²) in [5, 5.41) is 0. The van der Waals surface area contributed by atoms with Crippen molar-refractivity contribution >= 4 is 6.85 Å². The molecule has 16 heavy (non-hydrogen) atoms. The Balaban J connectivity index is 3.49. The fourth-order valence-corrected chi connectivity index (χ4v) is 2.66. The minimum atomic E-state index is 0.451. The van der Waals surface area contributed by atoms with Gasteiger partial charge in [0, 0.05) is 0 Å². The summed E-state index contributed by atoms with van der Waals surface area (Å²) in [4.78, 5) is 2.31. The van der Waals surface area contributed by atoms with E-state index in [1.165, 1.54) is 33.2 Å². The van der Waals surface area contributed by atoms with Gasteiger partial charge in [-0.05, 0) is 66.8 Å². The van der Waals surface area contributed by atoms with Gasteiger partial charge in [0.25, 0.3) is 6.85 Å². The van der Waals surface area contributed by atoms with E-state index >= 15 is 0 Å². The van der Waals surface area contributed by atoms with Gasteiger partial charge < -0.3 is 4.81 Å². The van der Waals surface area contributed by atoms with Crippen LogP contribution in [-0.4, -0.2) is 25.8 Å². The third-order valence-corrected chi connectivity index (χ3v) is 4.21. The minimum Gasteiger partial charge on any atom is -0.340 e. The average molecular weight is 217 g/mol. The van der Waals surface area contributed by atoms with Gasteiger partial charge in [-0.1, -0.05) is 22.1 Å². The second kappa shape index (κ2) is 4.62. The Hall–Kier alpha value is -0.755. The van der Waals surface area contributed by atoms with Gasteiger partial charge >= 0.3 is 0 Å². The molecule has 0 atom stereocenters. The Bertz CT molecular complexity index is 363. The van der Waals surface area contributed by atoms with Gasteiger partial charge in [-0.25, -0.2) is 0 Å². The summed E-state index contributed by atoms with van der Waals surface area (Å²) in [7, 11) is 4.32. The molecule has 0 bridgehead atoms. The van der Waals surface area contributed by atoms with Gasteiger partial charge in [0.05, 0.1) is 0 Å². The summed E-state index contributed by atoms with van der Waals surface area (Å²) in [5.41, 5.74) is 8.75. The van der Waals surface area contributed by atoms with Crippen molar-refractivity contribution in [1.82, 2.24) is 4.81 Å². The van der Waals surface area contributed by atoms with E-state index in [0.29, 0.717) is 6.85 Å². The Morgan fingerprint density at radius 3 is 1.19 bits per heavy atom. The van der Waals surface area contributed by atoms with Crippen LogP contribution in [0.4, 0.5) is 0 Å². The predicted molar refractivity (Wildman–Crippen MR) is 74.6 cm³/mol. The highest BCUT2D eigenvalue weighted by Crippen LogP contribution is 2.31. The van der Waals surface area contributed by atoms with Crippen molar-refractivity contribution in [1.29, 1.82) is 0 Å². The van der Waals surface area contributed by atoms with Crippen molar-refractivity contribution < 1.29 is 0 Å². The first-order valence-electron chi connectivity index (χ1n) is 5.98. The van der Waals surface area contributed by atoms with Gasteiger partial charge in [-0.3, -0.25) is 0 Å². The second-order valence-electron chi connectivity index (χ2n) is 5.23. The van der Waals surface area contributed by atoms with E-state index in [9.17, 15) is 0 Å². The first-order chi connectivity index (χ1) is 7.29. The smallest absolute Gasteiger partial charge is 0.283 e. The molecule has 1 rings (SSSR count). The average Bonchev–Trinajstić information content (AvgIpc) is 2.27. The van der Waals surface area contributed by atoms with Gasteiger partial charge in [0.15, 0.2) is 0 Å². The van der Waals surface area contributed by atoms with Crippen LogP contribution in [0.2, 0.25) is 0 Å². The van der Waals surface area contributed by atoms with Gasteiger partial charge in [0.2, 0.25) is 0 Å². The van der Waals surface area contributed by atoms with Crippen LogP contribution >= 0.6 is 0 Å². The predicted octanol–water partition coefficient (Wildman–Crippen LogP) is 3.64. The van der Waals surface area contributed by atoms with E-state index in [1.54, 1.807) is 0 Å². The molecular weight excluding hydrogens is 193 g/mol. The molecule has 0 spiro atoms. The van der Waals surface area contributed by atoms with Crippen LogP contribution in [0.15, 0.2) is 33.2 Å². The van der Waals surface area contributed by atoms with E-state index in [2.05, 4.69) is 60.4 Å². The summed E-state index contributed by atoms with van der Waals surface area (Å²) < 4.78 is 0. The summed E-state index contributed by atoms with van der Waals surface area (Å²) >= 11 is 0. The molecule has 0 saturated heterocycles. The topological polar surface area (TPSA) is 3.24 Å². The number of nitrogens with zero attached hydrogens (tertiary/aromatic N) is 1. The summed E-state index contributed by atoms with van der Waals surface area (Å²) in [5.74, 6) is 0. The number of allylic oxidation sites excluding steroid dienone is 6. The Morgan fingerprint density at radius 1 is 0.625 bits per heavy atom. The van der Waals surface area contributed by atoms with Crippen molar-refractivity contribution in [2.24, 2.45) is 0 Å². The molecule has 0 amide bonds. The molecule has 1 nitrogen and oxygen atoms in total. The highest BCUT2D eigenvalue weighted by atomic mass is 15.0. The molecular formula is C14H24BN. The molecule has 88 valence electrons. The van der Waals surface area contributed by atoms with Crippen molar-refractivity contribution in [3.8, 4) is 0 Å². The zero-order valence-corrected chi connectivity index (χ0v) is 12.0. The molecule has 0 aromatic carbocycles. The van der Waals surface area contributed by atoms with Crippen molar-refractivity contribution in [2.45, 2.75) is 41.5 Å². The van der Waals surface area contributed by atoms with E-state index in [4.69, 9.17) is 0 Å². The molecule has 0 N–H and O–H groups in total. The normalized spacial score (nSPS) is 18.9. The molecule has 0 fully saturated rings. The highest BCUT2D eigenvalue weighted by molar-refractivity contribution is 6.71. The van der Waals surface area contributed by atoms with E-state index in [1.807, 2.05) is 0 Å². The molecule has 1 heterocycles. The Labute approximate surface area is 101 Å². The van der Waals surface area contributed by atoms with Crippen LogP contribution in [0.1, 0.15) is 41.5 Å². The monoisotopic (exact) mass is 217 g/mol. The zero-order chi connectivity index (χ0) is 12.6. The standard InChI is InChI=1S/C14H24BN/c1-9-10(2)12(4)14(6)15(16(7)8)13(5)11(9)3/h1-8H3. The van der Waals surface area contributed by atoms with Crippen molar-refractivity contribution in [3.05, 3.63) is 33.2 Å². The second-order valence-corrected chi connectivity index (χ2v) is 5.23. The van der Waals surface area contributed by atoms with E-state index < -0.39 is 0 Å². The van der Waals surface area contributed by atoms with Gasteiger partial charge in [-0.2, -0.15) is 0 Å². The molecule has 2 heteroatoms. The molecule has 0 radical (unpaired) electrons. The lowest BCUT2D eigenvalue weighted by Crippen LogP contribution is -2.36. The number of hydrogen-bond acceptors (Lipinski definition) is 1. The third-order valence-electron chi connectivity index (χ3n) is 4.21. The van der Waals surface area contributed by atoms with Gasteiger partial charge in [-0.15, -0.1) is 0 Å². The van der Waals surface area contributed by atoms with Crippen LogP contribution in [0.25, 0.3) is 0 Å². The fraction of sp³-hybridized carbons (Fsp3) is 0.571. The summed E-state index contributed by atoms with van der Waals surface area (Å²) in [6.45, 7) is 13.9. The maximum atomic E-state index is 2.31. The maximum absolute atomic E-state index is 2.31. The minimum absolute atomic E-state index is 0.451. The molecule has 0 aliphatic carbocycles. The first kappa shape index (κ1) is 13.3. The Morgan fingerprint density at radius 2 is 0.938 bits per heavy atom. The zero-order valence-electron chi connectivity index (χ0n) is 12.0. The van der Waals surface area contributed by atoms with E-state index in [-0.39, 0.29) is 0 Å². The number of hydrogen-bond donors (Lipinski definition) is 0. The fourth-order valence-electron chi connectivity index (χ4n) is 2.66. The maximum Gasteiger partial charge on any atom is 0.283 e. The summed E-state index contributed by atoms with van der Waals surface area (Å²) in [6.07, 6.45) is 0. The SMILES string of the molecule is CC1=C(C)C(C)=C(C)C(C)=C(C)B1N(C)C. The quantitative estimate of drug-likeness (QED) is 0.606. The van der Waals surface area contributed by atoms with Crippen LogP contribution in [0.3, 0.4) is 0 Å². The van der Waals surface area contributed by atoms with Crippen molar-refractivity contribution in [3.63, 3.8) is 0 Å². The lowest BCUT2D eigenvalue weighted by Gasteiger charge is -2.24. The van der Waals surface area contributed by atoms with Gasteiger partial charge in [0.1, 0.15) is 0 Å². The Kier molecular flexibility index (Phi) is 3.85. The summed E-state index contributed by atoms with van der Waals surface area (Å²) in [6, 6.07) is 0.